The highest BCUT2D eigenvalue weighted by atomic mass is 14.7. The molecule has 3 aromatic rings. The molecule has 0 radical (unpaired) electrons. The largest absolute Gasteiger partial charge is 0.256 e. The van der Waals surface area contributed by atoms with E-state index in [0.29, 0.717) is 5.92 Å². The van der Waals surface area contributed by atoms with Gasteiger partial charge in [0.15, 0.2) is 0 Å². The molecule has 0 amide bonds. The SMILES string of the molecule is CC(C)c1cccc(N=Cc2ccccc2-c2ccccc2)c1. The number of benzene rings is 3. The Bertz CT molecular complexity index is 801. The monoisotopic (exact) mass is 299 g/mol. The lowest BCUT2D eigenvalue weighted by Crippen LogP contribution is -1.88. The second kappa shape index (κ2) is 7.06. The van der Waals surface area contributed by atoms with Gasteiger partial charge in [-0.3, -0.25) is 4.99 Å². The predicted octanol–water partition coefficient (Wildman–Crippen LogP) is 6.23. The smallest absolute Gasteiger partial charge is 0.0632 e. The second-order valence-electron chi connectivity index (χ2n) is 5.96. The van der Waals surface area contributed by atoms with E-state index >= 15 is 0 Å². The van der Waals surface area contributed by atoms with E-state index in [-0.39, 0.29) is 0 Å². The third kappa shape index (κ3) is 3.75. The summed E-state index contributed by atoms with van der Waals surface area (Å²) in [4.78, 5) is 4.68. The van der Waals surface area contributed by atoms with E-state index in [9.17, 15) is 0 Å². The van der Waals surface area contributed by atoms with Gasteiger partial charge in [0.2, 0.25) is 0 Å². The zero-order chi connectivity index (χ0) is 16.1. The van der Waals surface area contributed by atoms with Gasteiger partial charge in [0, 0.05) is 11.8 Å². The van der Waals surface area contributed by atoms with Crippen LogP contribution in [0.15, 0.2) is 83.9 Å². The number of nitrogens with zero attached hydrogens (tertiary/aromatic N) is 1. The zero-order valence-corrected chi connectivity index (χ0v) is 13.6. The van der Waals surface area contributed by atoms with E-state index < -0.39 is 0 Å². The highest BCUT2D eigenvalue weighted by Crippen LogP contribution is 2.24. The Labute approximate surface area is 138 Å². The number of hydrogen-bond donors (Lipinski definition) is 0. The van der Waals surface area contributed by atoms with Crippen molar-refractivity contribution in [3.8, 4) is 11.1 Å². The van der Waals surface area contributed by atoms with Crippen molar-refractivity contribution >= 4 is 11.9 Å². The Morgan fingerprint density at radius 1 is 0.783 bits per heavy atom. The molecule has 0 atom stereocenters. The first kappa shape index (κ1) is 15.2. The van der Waals surface area contributed by atoms with E-state index in [1.54, 1.807) is 0 Å². The van der Waals surface area contributed by atoms with Gasteiger partial charge in [0.05, 0.1) is 5.69 Å². The minimum absolute atomic E-state index is 0.516. The average Bonchev–Trinajstić information content (AvgIpc) is 2.61. The summed E-state index contributed by atoms with van der Waals surface area (Å²) in [6.45, 7) is 4.40. The van der Waals surface area contributed by atoms with Crippen LogP contribution in [0.2, 0.25) is 0 Å². The summed E-state index contributed by atoms with van der Waals surface area (Å²) in [5.74, 6) is 0.516. The highest BCUT2D eigenvalue weighted by molar-refractivity contribution is 5.91. The summed E-state index contributed by atoms with van der Waals surface area (Å²) in [5.41, 5.74) is 5.87. The first-order valence-corrected chi connectivity index (χ1v) is 8.02. The third-order valence-electron chi connectivity index (χ3n) is 3.94. The van der Waals surface area contributed by atoms with E-state index in [4.69, 9.17) is 0 Å². The summed E-state index contributed by atoms with van der Waals surface area (Å²) in [6, 6.07) is 27.2. The Morgan fingerprint density at radius 3 is 2.30 bits per heavy atom. The molecule has 0 saturated heterocycles. The molecule has 0 aromatic heterocycles. The molecule has 0 N–H and O–H groups in total. The molecule has 0 saturated carbocycles. The molecule has 1 heteroatoms. The summed E-state index contributed by atoms with van der Waals surface area (Å²) >= 11 is 0. The molecule has 0 fully saturated rings. The number of hydrogen-bond acceptors (Lipinski definition) is 1. The average molecular weight is 299 g/mol. The Morgan fingerprint density at radius 2 is 1.52 bits per heavy atom. The van der Waals surface area contributed by atoms with Gasteiger partial charge in [-0.25, -0.2) is 0 Å². The molecule has 0 aliphatic heterocycles. The maximum atomic E-state index is 4.68. The fraction of sp³-hybridized carbons (Fsp3) is 0.136. The molecule has 3 rings (SSSR count). The van der Waals surface area contributed by atoms with E-state index in [1.807, 2.05) is 18.3 Å². The molecule has 114 valence electrons. The predicted molar refractivity (Wildman–Crippen MR) is 99.7 cm³/mol. The standard InChI is InChI=1S/C22H21N/c1-17(2)19-12-8-13-21(15-19)23-16-20-11-6-7-14-22(20)18-9-4-3-5-10-18/h3-17H,1-2H3. The van der Waals surface area contributed by atoms with Gasteiger partial charge < -0.3 is 0 Å². The van der Waals surface area contributed by atoms with Crippen molar-refractivity contribution in [2.24, 2.45) is 4.99 Å². The van der Waals surface area contributed by atoms with Gasteiger partial charge >= 0.3 is 0 Å². The molecule has 0 bridgehead atoms. The molecule has 1 nitrogen and oxygen atoms in total. The first-order chi connectivity index (χ1) is 11.2. The zero-order valence-electron chi connectivity index (χ0n) is 13.6. The third-order valence-corrected chi connectivity index (χ3v) is 3.94. The lowest BCUT2D eigenvalue weighted by molar-refractivity contribution is 0.867. The van der Waals surface area contributed by atoms with Crippen molar-refractivity contribution in [2.75, 3.05) is 0 Å². The molecule has 0 aliphatic rings. The molecule has 0 heterocycles. The van der Waals surface area contributed by atoms with E-state index in [1.165, 1.54) is 16.7 Å². The molecular formula is C22H21N. The maximum absolute atomic E-state index is 4.68. The van der Waals surface area contributed by atoms with Gasteiger partial charge in [-0.2, -0.15) is 0 Å². The fourth-order valence-corrected chi connectivity index (χ4v) is 2.60. The van der Waals surface area contributed by atoms with Gasteiger partial charge in [0.1, 0.15) is 0 Å². The summed E-state index contributed by atoms with van der Waals surface area (Å²) < 4.78 is 0. The Kier molecular flexibility index (Phi) is 4.68. The van der Waals surface area contributed by atoms with Crippen molar-refractivity contribution in [1.29, 1.82) is 0 Å². The van der Waals surface area contributed by atoms with Crippen LogP contribution in [-0.4, -0.2) is 6.21 Å². The molecule has 0 spiro atoms. The van der Waals surface area contributed by atoms with Crippen LogP contribution < -0.4 is 0 Å². The summed E-state index contributed by atoms with van der Waals surface area (Å²) in [5, 5.41) is 0. The molecular weight excluding hydrogens is 278 g/mol. The normalized spacial score (nSPS) is 11.3. The molecule has 0 aliphatic carbocycles. The van der Waals surface area contributed by atoms with Crippen molar-refractivity contribution in [1.82, 2.24) is 0 Å². The van der Waals surface area contributed by atoms with Crippen LogP contribution in [0.5, 0.6) is 0 Å². The van der Waals surface area contributed by atoms with Crippen molar-refractivity contribution in [2.45, 2.75) is 19.8 Å². The maximum Gasteiger partial charge on any atom is 0.0632 e. The van der Waals surface area contributed by atoms with Crippen molar-refractivity contribution < 1.29 is 0 Å². The lowest BCUT2D eigenvalue weighted by atomic mass is 10.0. The number of rotatable bonds is 4. The molecule has 0 unspecified atom stereocenters. The van der Waals surface area contributed by atoms with Crippen LogP contribution in [0.3, 0.4) is 0 Å². The summed E-state index contributed by atoms with van der Waals surface area (Å²) in [6.07, 6.45) is 1.96. The van der Waals surface area contributed by atoms with Crippen LogP contribution in [0.1, 0.15) is 30.9 Å². The Balaban J connectivity index is 1.93. The topological polar surface area (TPSA) is 12.4 Å². The molecule has 3 aromatic carbocycles. The van der Waals surface area contributed by atoms with E-state index in [2.05, 4.69) is 85.6 Å². The molecule has 23 heavy (non-hydrogen) atoms. The quantitative estimate of drug-likeness (QED) is 0.506. The van der Waals surface area contributed by atoms with Gasteiger partial charge in [0.25, 0.3) is 0 Å². The van der Waals surface area contributed by atoms with Crippen LogP contribution in [-0.2, 0) is 0 Å². The van der Waals surface area contributed by atoms with Crippen molar-refractivity contribution in [3.05, 3.63) is 90.0 Å². The van der Waals surface area contributed by atoms with Gasteiger partial charge in [-0.1, -0.05) is 80.6 Å². The minimum atomic E-state index is 0.516. The number of aliphatic imine (C=N–C) groups is 1. The van der Waals surface area contributed by atoms with Crippen LogP contribution >= 0.6 is 0 Å². The van der Waals surface area contributed by atoms with Crippen LogP contribution in [0.25, 0.3) is 11.1 Å². The Hall–Kier alpha value is -2.67. The van der Waals surface area contributed by atoms with Gasteiger partial charge in [-0.15, -0.1) is 0 Å². The van der Waals surface area contributed by atoms with Crippen LogP contribution in [0, 0.1) is 0 Å². The van der Waals surface area contributed by atoms with E-state index in [0.717, 1.165) is 11.3 Å². The summed E-state index contributed by atoms with van der Waals surface area (Å²) in [7, 11) is 0. The van der Waals surface area contributed by atoms with Gasteiger partial charge in [-0.05, 0) is 34.7 Å². The first-order valence-electron chi connectivity index (χ1n) is 8.02. The minimum Gasteiger partial charge on any atom is -0.256 e. The fourth-order valence-electron chi connectivity index (χ4n) is 2.60. The highest BCUT2D eigenvalue weighted by Gasteiger charge is 2.02. The lowest BCUT2D eigenvalue weighted by Gasteiger charge is -2.07. The second-order valence-corrected chi connectivity index (χ2v) is 5.96. The van der Waals surface area contributed by atoms with Crippen LogP contribution in [0.4, 0.5) is 5.69 Å². The van der Waals surface area contributed by atoms with Crippen molar-refractivity contribution in [3.63, 3.8) is 0 Å².